The normalized spacial score (nSPS) is 14.0. The first-order valence-electron chi connectivity index (χ1n) is 12.7. The number of methoxy groups -OCH3 is 2. The highest BCUT2D eigenvalue weighted by Gasteiger charge is 2.36. The number of rotatable bonds is 13. The van der Waals surface area contributed by atoms with Crippen molar-refractivity contribution >= 4 is 9.84 Å². The quantitative estimate of drug-likeness (QED) is 0.234. The van der Waals surface area contributed by atoms with Crippen LogP contribution in [-0.4, -0.2) is 82.2 Å². The summed E-state index contributed by atoms with van der Waals surface area (Å²) < 4.78 is 52.1. The van der Waals surface area contributed by atoms with Gasteiger partial charge in [0.2, 0.25) is 5.82 Å². The van der Waals surface area contributed by atoms with Crippen LogP contribution in [0.1, 0.15) is 36.0 Å². The third-order valence-corrected chi connectivity index (χ3v) is 8.41. The first-order valence-corrected chi connectivity index (χ1v) is 14.4. The predicted octanol–water partition coefficient (Wildman–Crippen LogP) is 2.37. The molecule has 0 saturated carbocycles. The van der Waals surface area contributed by atoms with Gasteiger partial charge < -0.3 is 28.8 Å². The number of nitrogens with zero attached hydrogens (tertiary/aromatic N) is 5. The molecule has 4 aromatic rings. The number of aliphatic hydroxyl groups is 2. The molecule has 4 rings (SSSR count). The minimum absolute atomic E-state index is 0.0719. The van der Waals surface area contributed by atoms with Crippen molar-refractivity contribution in [1.29, 1.82) is 0 Å². The smallest absolute Gasteiger partial charge is 0.204 e. The van der Waals surface area contributed by atoms with Crippen LogP contribution in [0.15, 0.2) is 47.1 Å². The van der Waals surface area contributed by atoms with Crippen molar-refractivity contribution in [3.63, 3.8) is 0 Å². The van der Waals surface area contributed by atoms with Gasteiger partial charge in [-0.05, 0) is 50.6 Å². The molecule has 220 valence electrons. The maximum absolute atomic E-state index is 13.9. The van der Waals surface area contributed by atoms with E-state index >= 15 is 0 Å². The summed E-state index contributed by atoms with van der Waals surface area (Å²) in [5.74, 6) is 1.68. The molecule has 0 fully saturated rings. The van der Waals surface area contributed by atoms with Crippen LogP contribution in [0.2, 0.25) is 0 Å². The van der Waals surface area contributed by atoms with Crippen LogP contribution in [-0.2, 0) is 20.3 Å². The minimum atomic E-state index is -4.04. The fourth-order valence-corrected chi connectivity index (χ4v) is 5.53. The fourth-order valence-electron chi connectivity index (χ4n) is 4.15. The summed E-state index contributed by atoms with van der Waals surface area (Å²) in [5, 5.41) is 26.5. The van der Waals surface area contributed by atoms with Gasteiger partial charge >= 0.3 is 0 Å². The number of para-hydroxylation sites is 1. The zero-order chi connectivity index (χ0) is 29.7. The summed E-state index contributed by atoms with van der Waals surface area (Å²) in [6.45, 7) is 4.17. The van der Waals surface area contributed by atoms with Gasteiger partial charge in [0.15, 0.2) is 27.2 Å². The molecule has 3 aromatic heterocycles. The lowest BCUT2D eigenvalue weighted by atomic mass is 10.2. The minimum Gasteiger partial charge on any atom is -0.494 e. The van der Waals surface area contributed by atoms with Crippen LogP contribution in [0.5, 0.6) is 11.5 Å². The molecule has 0 aliphatic carbocycles. The average molecular weight is 588 g/mol. The van der Waals surface area contributed by atoms with Crippen LogP contribution in [0, 0.1) is 13.8 Å². The Morgan fingerprint density at radius 2 is 1.68 bits per heavy atom. The van der Waals surface area contributed by atoms with Crippen LogP contribution < -0.4 is 9.47 Å². The highest BCUT2D eigenvalue weighted by atomic mass is 32.2. The van der Waals surface area contributed by atoms with E-state index in [4.69, 9.17) is 18.6 Å². The van der Waals surface area contributed by atoms with Gasteiger partial charge in [0.1, 0.15) is 40.9 Å². The Kier molecular flexibility index (Phi) is 9.38. The van der Waals surface area contributed by atoms with Gasteiger partial charge in [0.25, 0.3) is 0 Å². The first-order chi connectivity index (χ1) is 19.6. The molecule has 3 heterocycles. The number of aliphatic hydroxyl groups excluding tert-OH is 2. The van der Waals surface area contributed by atoms with Crippen LogP contribution in [0.3, 0.4) is 0 Å². The van der Waals surface area contributed by atoms with Crippen molar-refractivity contribution in [1.82, 2.24) is 24.7 Å². The van der Waals surface area contributed by atoms with E-state index in [9.17, 15) is 18.6 Å². The van der Waals surface area contributed by atoms with E-state index in [1.807, 2.05) is 0 Å². The summed E-state index contributed by atoms with van der Waals surface area (Å²) >= 11 is 0. The van der Waals surface area contributed by atoms with Gasteiger partial charge in [-0.3, -0.25) is 4.57 Å². The molecule has 0 amide bonds. The topological polar surface area (TPSA) is 172 Å². The van der Waals surface area contributed by atoms with Crippen molar-refractivity contribution in [2.45, 2.75) is 44.0 Å². The molecule has 14 heteroatoms. The average Bonchev–Trinajstić information content (AvgIpc) is 3.58. The second-order valence-electron chi connectivity index (χ2n) is 9.42. The molecule has 41 heavy (non-hydrogen) atoms. The maximum atomic E-state index is 13.9. The molecular formula is C27H33N5O8S. The third kappa shape index (κ3) is 6.56. The lowest BCUT2D eigenvalue weighted by Crippen LogP contribution is -2.33. The van der Waals surface area contributed by atoms with E-state index in [1.54, 1.807) is 56.6 Å². The zero-order valence-corrected chi connectivity index (χ0v) is 24.2. The van der Waals surface area contributed by atoms with Crippen LogP contribution in [0.4, 0.5) is 0 Å². The van der Waals surface area contributed by atoms with E-state index in [0.717, 1.165) is 5.56 Å². The van der Waals surface area contributed by atoms with Crippen molar-refractivity contribution < 1.29 is 37.3 Å². The SMILES string of the molecule is COc1cccc(OC)c1-n1c(CS(=O)(=O)[C@@H](C)[C@@H](OC[C@@H](O)CO)c2ncc(C)cn2)nnc1-c1ccc(C)o1. The number of hydrogen-bond acceptors (Lipinski definition) is 12. The Morgan fingerprint density at radius 3 is 2.24 bits per heavy atom. The molecule has 0 radical (unpaired) electrons. The molecule has 0 aliphatic rings. The van der Waals surface area contributed by atoms with Crippen molar-refractivity contribution in [2.24, 2.45) is 0 Å². The van der Waals surface area contributed by atoms with Crippen molar-refractivity contribution in [2.75, 3.05) is 27.4 Å². The number of sulfone groups is 1. The molecule has 0 saturated heterocycles. The third-order valence-electron chi connectivity index (χ3n) is 6.37. The van der Waals surface area contributed by atoms with Crippen LogP contribution >= 0.6 is 0 Å². The molecule has 0 bridgehead atoms. The Labute approximate surface area is 237 Å². The van der Waals surface area contributed by atoms with Crippen molar-refractivity contribution in [3.8, 4) is 28.8 Å². The maximum Gasteiger partial charge on any atom is 0.204 e. The number of benzene rings is 1. The molecule has 13 nitrogen and oxygen atoms in total. The van der Waals surface area contributed by atoms with E-state index < -0.39 is 39.7 Å². The predicted molar refractivity (Wildman–Crippen MR) is 148 cm³/mol. The van der Waals surface area contributed by atoms with E-state index in [1.165, 1.54) is 25.7 Å². The van der Waals surface area contributed by atoms with E-state index in [2.05, 4.69) is 20.2 Å². The Bertz CT molecular complexity index is 1550. The second-order valence-corrected chi connectivity index (χ2v) is 11.8. The highest BCUT2D eigenvalue weighted by Crippen LogP contribution is 2.37. The summed E-state index contributed by atoms with van der Waals surface area (Å²) in [6.07, 6.45) is 0.732. The largest absolute Gasteiger partial charge is 0.494 e. The summed E-state index contributed by atoms with van der Waals surface area (Å²) in [7, 11) is -1.07. The summed E-state index contributed by atoms with van der Waals surface area (Å²) in [4.78, 5) is 8.51. The second kappa shape index (κ2) is 12.8. The van der Waals surface area contributed by atoms with Gasteiger partial charge in [-0.1, -0.05) is 6.07 Å². The monoisotopic (exact) mass is 587 g/mol. The molecule has 1 aromatic carbocycles. The molecule has 0 spiro atoms. The Morgan fingerprint density at radius 1 is 1.02 bits per heavy atom. The summed E-state index contributed by atoms with van der Waals surface area (Å²) in [5.41, 5.74) is 1.17. The standard InChI is InChI=1S/C27H33N5O8S/c1-16-11-28-26(29-12-16)25(39-14-19(34)13-33)18(3)41(35,36)15-23-30-31-27(22-10-9-17(2)40-22)32(23)24-20(37-4)7-6-8-21(24)38-5/h6-12,18-19,25,33-34H,13-15H2,1-5H3/t18-,19-,25+/m0/s1. The zero-order valence-electron chi connectivity index (χ0n) is 23.4. The van der Waals surface area contributed by atoms with Gasteiger partial charge in [-0.15, -0.1) is 10.2 Å². The lowest BCUT2D eigenvalue weighted by molar-refractivity contribution is -0.0324. The van der Waals surface area contributed by atoms with Crippen LogP contribution in [0.25, 0.3) is 17.3 Å². The Balaban J connectivity index is 1.80. The van der Waals surface area contributed by atoms with E-state index in [-0.39, 0.29) is 24.1 Å². The van der Waals surface area contributed by atoms with Crippen molar-refractivity contribution in [3.05, 3.63) is 65.7 Å². The van der Waals surface area contributed by atoms with Gasteiger partial charge in [0.05, 0.1) is 32.7 Å². The lowest BCUT2D eigenvalue weighted by Gasteiger charge is -2.24. The van der Waals surface area contributed by atoms with E-state index in [0.29, 0.717) is 28.7 Å². The Hall–Kier alpha value is -3.85. The summed E-state index contributed by atoms with van der Waals surface area (Å²) in [6, 6.07) is 8.63. The first kappa shape index (κ1) is 30.1. The molecule has 2 N–H and O–H groups in total. The van der Waals surface area contributed by atoms with Gasteiger partial charge in [-0.2, -0.15) is 0 Å². The number of hydrogen-bond donors (Lipinski definition) is 2. The highest BCUT2D eigenvalue weighted by molar-refractivity contribution is 7.91. The number of aryl methyl sites for hydroxylation is 2. The fraction of sp³-hybridized carbons (Fsp3) is 0.407. The molecule has 0 aliphatic heterocycles. The van der Waals surface area contributed by atoms with Gasteiger partial charge in [-0.25, -0.2) is 18.4 Å². The molecule has 0 unspecified atom stereocenters. The number of aromatic nitrogens is 5. The number of furan rings is 1. The van der Waals surface area contributed by atoms with Gasteiger partial charge in [0, 0.05) is 12.4 Å². The molecular weight excluding hydrogens is 554 g/mol. The molecule has 3 atom stereocenters. The number of ether oxygens (including phenoxy) is 3.